The molecule has 198 valence electrons. The first kappa shape index (κ1) is 25.5. The Hall–Kier alpha value is -4.19. The van der Waals surface area contributed by atoms with Crippen molar-refractivity contribution in [3.8, 4) is 0 Å². The van der Waals surface area contributed by atoms with Crippen LogP contribution in [0.25, 0.3) is 0 Å². The van der Waals surface area contributed by atoms with Gasteiger partial charge in [-0.05, 0) is 47.0 Å². The standard InChI is InChI=1S/C25H26ClN7O5/c1-12-5-8-16(38-12)22(25(2,3)4)28-19-18(20(34)21(19)35)27-15-7-6-14(26)13-11-32(23(36)17(13)15)9-10-33-24(37)29-30-31-33/h5-8,22,27-28H,9-11H2,1-4H3,(H,29,31,37). The first-order valence-electron chi connectivity index (χ1n) is 12.0. The number of hydrogen-bond acceptors (Lipinski definition) is 9. The Balaban J connectivity index is 1.42. The van der Waals surface area contributed by atoms with Crippen LogP contribution in [0.3, 0.4) is 0 Å². The average Bonchev–Trinajstić information content (AvgIpc) is 3.56. The van der Waals surface area contributed by atoms with Gasteiger partial charge in [0.25, 0.3) is 16.8 Å². The predicted molar refractivity (Wildman–Crippen MR) is 141 cm³/mol. The third-order valence-electron chi connectivity index (χ3n) is 6.59. The number of carbonyl (C=O) groups excluding carboxylic acids is 1. The topological polar surface area (TPSA) is 155 Å². The van der Waals surface area contributed by atoms with E-state index in [1.54, 1.807) is 12.1 Å². The summed E-state index contributed by atoms with van der Waals surface area (Å²) in [6, 6.07) is 6.51. The number of aromatic amines is 1. The van der Waals surface area contributed by atoms with Gasteiger partial charge >= 0.3 is 5.69 Å². The van der Waals surface area contributed by atoms with Gasteiger partial charge in [0.05, 0.1) is 23.8 Å². The van der Waals surface area contributed by atoms with E-state index in [2.05, 4.69) is 26.2 Å². The molecular weight excluding hydrogens is 514 g/mol. The predicted octanol–water partition coefficient (Wildman–Crippen LogP) is 2.72. The van der Waals surface area contributed by atoms with Crippen LogP contribution in [0.5, 0.6) is 0 Å². The molecule has 3 N–H and O–H groups in total. The molecule has 0 saturated heterocycles. The third-order valence-corrected chi connectivity index (χ3v) is 6.94. The summed E-state index contributed by atoms with van der Waals surface area (Å²) < 4.78 is 6.93. The van der Waals surface area contributed by atoms with Crippen LogP contribution in [0, 0.1) is 12.3 Å². The smallest absolute Gasteiger partial charge is 0.361 e. The number of furan rings is 1. The molecule has 12 nitrogen and oxygen atoms in total. The number of amides is 1. The Morgan fingerprint density at radius 1 is 1.08 bits per heavy atom. The molecule has 0 fully saturated rings. The zero-order chi connectivity index (χ0) is 27.4. The number of tetrazole rings is 1. The average molecular weight is 540 g/mol. The second kappa shape index (κ2) is 9.28. The maximum Gasteiger partial charge on any atom is 0.361 e. The van der Waals surface area contributed by atoms with Crippen molar-refractivity contribution < 1.29 is 9.21 Å². The minimum atomic E-state index is -0.688. The number of nitrogens with zero attached hydrogens (tertiary/aromatic N) is 4. The van der Waals surface area contributed by atoms with Crippen molar-refractivity contribution in [2.75, 3.05) is 17.2 Å². The summed E-state index contributed by atoms with van der Waals surface area (Å²) in [6.45, 7) is 8.37. The number of aromatic nitrogens is 4. The van der Waals surface area contributed by atoms with E-state index in [0.29, 0.717) is 27.6 Å². The molecule has 0 bridgehead atoms. The molecule has 2 aromatic heterocycles. The fourth-order valence-corrected chi connectivity index (χ4v) is 4.77. The molecule has 1 aliphatic heterocycles. The molecule has 1 unspecified atom stereocenters. The Bertz CT molecular complexity index is 1670. The largest absolute Gasteiger partial charge is 0.464 e. The lowest BCUT2D eigenvalue weighted by molar-refractivity contribution is 0.0771. The van der Waals surface area contributed by atoms with E-state index in [1.807, 2.05) is 39.8 Å². The van der Waals surface area contributed by atoms with Crippen molar-refractivity contribution in [3.05, 3.63) is 82.9 Å². The van der Waals surface area contributed by atoms with Crippen molar-refractivity contribution in [2.24, 2.45) is 5.41 Å². The van der Waals surface area contributed by atoms with Crippen molar-refractivity contribution in [3.63, 3.8) is 0 Å². The number of benzene rings is 1. The zero-order valence-corrected chi connectivity index (χ0v) is 22.0. The number of rotatable bonds is 8. The third kappa shape index (κ3) is 4.40. The van der Waals surface area contributed by atoms with E-state index in [9.17, 15) is 19.2 Å². The maximum atomic E-state index is 13.3. The van der Waals surface area contributed by atoms with Crippen molar-refractivity contribution in [1.82, 2.24) is 25.1 Å². The van der Waals surface area contributed by atoms with Crippen molar-refractivity contribution >= 4 is 34.6 Å². The van der Waals surface area contributed by atoms with Gasteiger partial charge in [0, 0.05) is 23.7 Å². The quantitative estimate of drug-likeness (QED) is 0.286. The molecule has 3 heterocycles. The van der Waals surface area contributed by atoms with Gasteiger partial charge in [0.1, 0.15) is 22.9 Å². The van der Waals surface area contributed by atoms with Crippen LogP contribution in [0.1, 0.15) is 54.3 Å². The molecule has 1 aliphatic rings. The van der Waals surface area contributed by atoms with E-state index < -0.39 is 22.6 Å². The Kier molecular flexibility index (Phi) is 6.22. The molecule has 2 aromatic carbocycles. The fraction of sp³-hybridized carbons (Fsp3) is 0.360. The molecule has 0 spiro atoms. The van der Waals surface area contributed by atoms with Crippen LogP contribution in [0.4, 0.5) is 17.1 Å². The van der Waals surface area contributed by atoms with Gasteiger partial charge < -0.3 is 20.0 Å². The second-order valence-electron chi connectivity index (χ2n) is 10.3. The fourth-order valence-electron chi connectivity index (χ4n) is 4.56. The molecule has 13 heteroatoms. The number of H-pyrrole nitrogens is 1. The highest BCUT2D eigenvalue weighted by Gasteiger charge is 2.35. The molecule has 1 amide bonds. The molecule has 0 radical (unpaired) electrons. The van der Waals surface area contributed by atoms with Gasteiger partial charge in [0.15, 0.2) is 0 Å². The summed E-state index contributed by atoms with van der Waals surface area (Å²) in [4.78, 5) is 51.8. The second-order valence-corrected chi connectivity index (χ2v) is 10.7. The van der Waals surface area contributed by atoms with Crippen LogP contribution in [0.15, 0.2) is 43.1 Å². The summed E-state index contributed by atoms with van der Waals surface area (Å²) in [6.07, 6.45) is 0. The van der Waals surface area contributed by atoms with E-state index >= 15 is 0 Å². The minimum Gasteiger partial charge on any atom is -0.464 e. The van der Waals surface area contributed by atoms with E-state index in [1.165, 1.54) is 4.90 Å². The number of aryl methyl sites for hydroxylation is 1. The van der Waals surface area contributed by atoms with Crippen molar-refractivity contribution in [2.45, 2.75) is 46.8 Å². The molecule has 1 atom stereocenters. The lowest BCUT2D eigenvalue weighted by atomic mass is 9.85. The normalized spacial score (nSPS) is 14.2. The lowest BCUT2D eigenvalue weighted by Crippen LogP contribution is -2.39. The van der Waals surface area contributed by atoms with Crippen molar-refractivity contribution in [1.29, 1.82) is 0 Å². The molecule has 4 aromatic rings. The van der Waals surface area contributed by atoms with Gasteiger partial charge in [0.2, 0.25) is 0 Å². The molecule has 5 rings (SSSR count). The van der Waals surface area contributed by atoms with Gasteiger partial charge in [-0.1, -0.05) is 32.4 Å². The zero-order valence-electron chi connectivity index (χ0n) is 21.2. The van der Waals surface area contributed by atoms with Gasteiger partial charge in [-0.3, -0.25) is 14.4 Å². The van der Waals surface area contributed by atoms with Crippen LogP contribution in [0.2, 0.25) is 5.02 Å². The first-order chi connectivity index (χ1) is 18.0. The van der Waals surface area contributed by atoms with Gasteiger partial charge in [-0.2, -0.15) is 4.68 Å². The summed E-state index contributed by atoms with van der Waals surface area (Å²) >= 11 is 6.41. The first-order valence-corrected chi connectivity index (χ1v) is 12.4. The monoisotopic (exact) mass is 539 g/mol. The Morgan fingerprint density at radius 2 is 1.82 bits per heavy atom. The van der Waals surface area contributed by atoms with Gasteiger partial charge in [-0.15, -0.1) is 0 Å². The number of carbonyl (C=O) groups is 1. The highest BCUT2D eigenvalue weighted by molar-refractivity contribution is 6.32. The van der Waals surface area contributed by atoms with E-state index in [4.69, 9.17) is 16.0 Å². The van der Waals surface area contributed by atoms with E-state index in [0.717, 1.165) is 10.4 Å². The SMILES string of the molecule is Cc1ccc(C(Nc2c(Nc3ccc(Cl)c4c3C(=O)N(CCn3nn[nH]c3=O)C4)c(=O)c2=O)C(C)(C)C)o1. The number of nitrogens with one attached hydrogen (secondary N) is 3. The highest BCUT2D eigenvalue weighted by Crippen LogP contribution is 2.39. The molecule has 0 saturated carbocycles. The number of anilines is 3. The minimum absolute atomic E-state index is 0.0671. The summed E-state index contributed by atoms with van der Waals surface area (Å²) in [5.41, 5.74) is -0.740. The van der Waals surface area contributed by atoms with Crippen LogP contribution < -0.4 is 27.2 Å². The van der Waals surface area contributed by atoms with E-state index in [-0.39, 0.29) is 42.3 Å². The van der Waals surface area contributed by atoms with Crippen LogP contribution >= 0.6 is 11.6 Å². The highest BCUT2D eigenvalue weighted by atomic mass is 35.5. The summed E-state index contributed by atoms with van der Waals surface area (Å²) in [5, 5.41) is 15.9. The molecule has 38 heavy (non-hydrogen) atoms. The van der Waals surface area contributed by atoms with Gasteiger partial charge in [-0.25, -0.2) is 9.89 Å². The summed E-state index contributed by atoms with van der Waals surface area (Å²) in [7, 11) is 0. The molecular formula is C25H26ClN7O5. The van der Waals surface area contributed by atoms with Crippen LogP contribution in [-0.2, 0) is 13.1 Å². The number of fused-ring (bicyclic) bond motifs is 1. The maximum absolute atomic E-state index is 13.3. The Labute approximate surface area is 221 Å². The number of hydrogen-bond donors (Lipinski definition) is 3. The lowest BCUT2D eigenvalue weighted by Gasteiger charge is -2.31. The number of halogens is 1. The molecule has 0 aliphatic carbocycles. The Morgan fingerprint density at radius 3 is 2.45 bits per heavy atom. The van der Waals surface area contributed by atoms with Crippen LogP contribution in [-0.4, -0.2) is 37.6 Å². The summed E-state index contributed by atoms with van der Waals surface area (Å²) in [5.74, 6) is 1.04.